The minimum absolute atomic E-state index is 0.204. The highest BCUT2D eigenvalue weighted by molar-refractivity contribution is 5.75. The van der Waals surface area contributed by atoms with Crippen molar-refractivity contribution in [2.24, 2.45) is 0 Å². The quantitative estimate of drug-likeness (QED) is 0.508. The Kier molecular flexibility index (Phi) is 4.83. The summed E-state index contributed by atoms with van der Waals surface area (Å²) in [4.78, 5) is 12.4. The second kappa shape index (κ2) is 7.57. The summed E-state index contributed by atoms with van der Waals surface area (Å²) in [5, 5.41) is 0. The van der Waals surface area contributed by atoms with Crippen molar-refractivity contribution in [1.29, 1.82) is 0 Å². The van der Waals surface area contributed by atoms with Crippen LogP contribution in [-0.4, -0.2) is 5.97 Å². The Morgan fingerprint density at radius 1 is 0.731 bits per heavy atom. The van der Waals surface area contributed by atoms with E-state index >= 15 is 0 Å². The van der Waals surface area contributed by atoms with Crippen LogP contribution in [0.4, 0.5) is 0 Å². The molecule has 0 unspecified atom stereocenters. The van der Waals surface area contributed by atoms with Gasteiger partial charge in [-0.3, -0.25) is 4.79 Å². The number of carbonyl (C=O) groups excluding carboxylic acids is 1. The average Bonchev–Trinajstić information content (AvgIpc) is 2.65. The third kappa shape index (κ3) is 4.02. The van der Waals surface area contributed by atoms with Crippen molar-refractivity contribution in [2.45, 2.75) is 32.1 Å². The zero-order valence-electron chi connectivity index (χ0n) is 14.8. The van der Waals surface area contributed by atoms with Gasteiger partial charge in [0.05, 0.1) is 6.42 Å². The fourth-order valence-corrected chi connectivity index (χ4v) is 3.42. The van der Waals surface area contributed by atoms with E-state index in [4.69, 9.17) is 4.74 Å². The SMILES string of the molecule is O=C(Cc1ccccc1)Oc1cc2ccc1CCc1ccc(cc1)CC2. The van der Waals surface area contributed by atoms with Crippen LogP contribution in [0, 0.1) is 0 Å². The molecule has 0 radical (unpaired) electrons. The van der Waals surface area contributed by atoms with Crippen molar-refractivity contribution in [3.05, 3.63) is 101 Å². The molecule has 4 aliphatic rings. The summed E-state index contributed by atoms with van der Waals surface area (Å²) in [6.07, 6.45) is 4.06. The van der Waals surface area contributed by atoms with E-state index in [0.717, 1.165) is 42.6 Å². The minimum Gasteiger partial charge on any atom is -0.426 e. The maximum absolute atomic E-state index is 12.4. The summed E-state index contributed by atoms with van der Waals surface area (Å²) in [6.45, 7) is 0. The molecule has 0 aliphatic heterocycles. The molecule has 0 heterocycles. The van der Waals surface area contributed by atoms with Gasteiger partial charge in [0.15, 0.2) is 0 Å². The molecule has 0 N–H and O–H groups in total. The Morgan fingerprint density at radius 2 is 1.35 bits per heavy atom. The summed E-state index contributed by atoms with van der Waals surface area (Å²) < 4.78 is 5.77. The van der Waals surface area contributed by atoms with E-state index in [-0.39, 0.29) is 5.97 Å². The van der Waals surface area contributed by atoms with E-state index in [1.54, 1.807) is 0 Å². The fraction of sp³-hybridized carbons (Fsp3) is 0.208. The molecule has 0 atom stereocenters. The van der Waals surface area contributed by atoms with Gasteiger partial charge in [-0.2, -0.15) is 0 Å². The van der Waals surface area contributed by atoms with Gasteiger partial charge in [0.1, 0.15) is 5.75 Å². The lowest BCUT2D eigenvalue weighted by Crippen LogP contribution is -2.13. The number of hydrogen-bond acceptors (Lipinski definition) is 2. The van der Waals surface area contributed by atoms with Gasteiger partial charge in [0, 0.05) is 0 Å². The number of carbonyl (C=O) groups is 1. The molecule has 0 saturated heterocycles. The highest BCUT2D eigenvalue weighted by atomic mass is 16.5. The molecule has 0 amide bonds. The smallest absolute Gasteiger partial charge is 0.315 e. The first-order chi connectivity index (χ1) is 12.8. The van der Waals surface area contributed by atoms with Crippen LogP contribution in [0.5, 0.6) is 5.75 Å². The van der Waals surface area contributed by atoms with E-state index < -0.39 is 0 Å². The highest BCUT2D eigenvalue weighted by Crippen LogP contribution is 2.25. The monoisotopic (exact) mass is 342 g/mol. The van der Waals surface area contributed by atoms with Crippen LogP contribution in [0.1, 0.15) is 27.8 Å². The van der Waals surface area contributed by atoms with E-state index in [9.17, 15) is 4.79 Å². The average molecular weight is 342 g/mol. The zero-order chi connectivity index (χ0) is 17.8. The van der Waals surface area contributed by atoms with E-state index in [1.165, 1.54) is 16.7 Å². The Hall–Kier alpha value is -2.87. The molecule has 3 aromatic rings. The topological polar surface area (TPSA) is 26.3 Å². The van der Waals surface area contributed by atoms with Gasteiger partial charge >= 0.3 is 5.97 Å². The van der Waals surface area contributed by atoms with E-state index in [0.29, 0.717) is 6.42 Å². The standard InChI is InChI=1S/C24H22O2/c25-24(17-20-4-2-1-3-5-20)26-23-16-21-11-10-18-6-8-19(9-7-18)12-14-22(23)15-13-21/h1-9,13,15-16H,10-12,14,17H2. The van der Waals surface area contributed by atoms with Gasteiger partial charge < -0.3 is 4.74 Å². The molecule has 2 heteroatoms. The Morgan fingerprint density at radius 3 is 2.08 bits per heavy atom. The molecule has 0 aromatic heterocycles. The molecule has 4 aliphatic carbocycles. The third-order valence-electron chi connectivity index (χ3n) is 4.95. The van der Waals surface area contributed by atoms with Crippen molar-refractivity contribution >= 4 is 5.97 Å². The molecule has 0 spiro atoms. The number of aryl methyl sites for hydroxylation is 4. The number of benzene rings is 3. The van der Waals surface area contributed by atoms with Gasteiger partial charge in [-0.25, -0.2) is 0 Å². The lowest BCUT2D eigenvalue weighted by molar-refractivity contribution is -0.133. The molecule has 0 fully saturated rings. The van der Waals surface area contributed by atoms with E-state index in [2.05, 4.69) is 36.4 Å². The van der Waals surface area contributed by atoms with E-state index in [1.807, 2.05) is 36.4 Å². The molecule has 130 valence electrons. The molecule has 2 nitrogen and oxygen atoms in total. The lowest BCUT2D eigenvalue weighted by Gasteiger charge is -2.14. The van der Waals surface area contributed by atoms with Crippen molar-refractivity contribution in [3.63, 3.8) is 0 Å². The van der Waals surface area contributed by atoms with Crippen LogP contribution in [-0.2, 0) is 36.9 Å². The van der Waals surface area contributed by atoms with Crippen molar-refractivity contribution in [1.82, 2.24) is 0 Å². The van der Waals surface area contributed by atoms with Crippen LogP contribution < -0.4 is 4.74 Å². The van der Waals surface area contributed by atoms with Gasteiger partial charge in [-0.1, -0.05) is 66.7 Å². The predicted molar refractivity (Wildman–Crippen MR) is 103 cm³/mol. The Balaban J connectivity index is 1.55. The van der Waals surface area contributed by atoms with Gasteiger partial charge in [-0.05, 0) is 59.6 Å². The highest BCUT2D eigenvalue weighted by Gasteiger charge is 2.13. The summed E-state index contributed by atoms with van der Waals surface area (Å²) in [5.41, 5.74) is 5.95. The summed E-state index contributed by atoms with van der Waals surface area (Å²) >= 11 is 0. The second-order valence-electron chi connectivity index (χ2n) is 6.90. The van der Waals surface area contributed by atoms with Crippen LogP contribution in [0.25, 0.3) is 0 Å². The number of esters is 1. The molecule has 7 rings (SSSR count). The van der Waals surface area contributed by atoms with Gasteiger partial charge in [0.2, 0.25) is 0 Å². The molecular weight excluding hydrogens is 320 g/mol. The normalized spacial score (nSPS) is 13.1. The molecule has 26 heavy (non-hydrogen) atoms. The number of hydrogen-bond donors (Lipinski definition) is 0. The van der Waals surface area contributed by atoms with Crippen LogP contribution in [0.15, 0.2) is 72.8 Å². The van der Waals surface area contributed by atoms with Gasteiger partial charge in [0.25, 0.3) is 0 Å². The van der Waals surface area contributed by atoms with Crippen LogP contribution >= 0.6 is 0 Å². The molecular formula is C24H22O2. The third-order valence-corrected chi connectivity index (χ3v) is 4.95. The summed E-state index contributed by atoms with van der Waals surface area (Å²) in [6, 6.07) is 25.0. The largest absolute Gasteiger partial charge is 0.426 e. The number of ether oxygens (including phenoxy) is 1. The summed E-state index contributed by atoms with van der Waals surface area (Å²) in [5.74, 6) is 0.517. The maximum atomic E-state index is 12.4. The molecule has 0 saturated carbocycles. The lowest BCUT2D eigenvalue weighted by atomic mass is 9.96. The maximum Gasteiger partial charge on any atom is 0.315 e. The van der Waals surface area contributed by atoms with Crippen molar-refractivity contribution in [2.75, 3.05) is 0 Å². The first kappa shape index (κ1) is 16.6. The first-order valence-electron chi connectivity index (χ1n) is 9.20. The zero-order valence-corrected chi connectivity index (χ0v) is 14.8. The fourth-order valence-electron chi connectivity index (χ4n) is 3.42. The van der Waals surface area contributed by atoms with Crippen molar-refractivity contribution < 1.29 is 9.53 Å². The molecule has 4 bridgehead atoms. The Labute approximate surface area is 154 Å². The Bertz CT molecular complexity index is 895. The first-order valence-corrected chi connectivity index (χ1v) is 9.20. The van der Waals surface area contributed by atoms with Gasteiger partial charge in [-0.15, -0.1) is 0 Å². The van der Waals surface area contributed by atoms with Crippen molar-refractivity contribution in [3.8, 4) is 5.75 Å². The van der Waals surface area contributed by atoms with Crippen LogP contribution in [0.3, 0.4) is 0 Å². The molecule has 3 aromatic carbocycles. The minimum atomic E-state index is -0.204. The van der Waals surface area contributed by atoms with Crippen LogP contribution in [0.2, 0.25) is 0 Å². The number of rotatable bonds is 3. The second-order valence-corrected chi connectivity index (χ2v) is 6.90. The summed E-state index contributed by atoms with van der Waals surface area (Å²) in [7, 11) is 0. The predicted octanol–water partition coefficient (Wildman–Crippen LogP) is 4.72.